The molecule has 0 spiro atoms. The standard InChI is InChI=1S/C7H4ClF2NO/c8-4-1-6(9)5(3-11-12)7(10)2-4/h1-3,12H/b11-3+. The number of halogens is 3. The Morgan fingerprint density at radius 1 is 1.33 bits per heavy atom. The average molecular weight is 192 g/mol. The first-order valence-electron chi connectivity index (χ1n) is 2.97. The predicted molar refractivity (Wildman–Crippen MR) is 40.7 cm³/mol. The van der Waals surface area contributed by atoms with Gasteiger partial charge in [0.2, 0.25) is 0 Å². The van der Waals surface area contributed by atoms with Crippen LogP contribution in [0.25, 0.3) is 0 Å². The van der Waals surface area contributed by atoms with Crippen molar-refractivity contribution in [1.82, 2.24) is 0 Å². The van der Waals surface area contributed by atoms with Crippen molar-refractivity contribution >= 4 is 17.8 Å². The van der Waals surface area contributed by atoms with Crippen molar-refractivity contribution in [2.24, 2.45) is 5.16 Å². The third-order valence-corrected chi connectivity index (χ3v) is 1.45. The second-order valence-corrected chi connectivity index (χ2v) is 2.46. The van der Waals surface area contributed by atoms with Gasteiger partial charge < -0.3 is 5.21 Å². The summed E-state index contributed by atoms with van der Waals surface area (Å²) < 4.78 is 25.5. The Bertz CT molecular complexity index is 304. The molecule has 0 aromatic heterocycles. The number of rotatable bonds is 1. The third kappa shape index (κ3) is 1.71. The molecule has 64 valence electrons. The van der Waals surface area contributed by atoms with Gasteiger partial charge in [0.1, 0.15) is 11.6 Å². The summed E-state index contributed by atoms with van der Waals surface area (Å²) >= 11 is 5.34. The van der Waals surface area contributed by atoms with Crippen molar-refractivity contribution in [3.63, 3.8) is 0 Å². The molecular weight excluding hydrogens is 188 g/mol. The van der Waals surface area contributed by atoms with Crippen LogP contribution >= 0.6 is 11.6 Å². The van der Waals surface area contributed by atoms with Gasteiger partial charge in [-0.25, -0.2) is 8.78 Å². The van der Waals surface area contributed by atoms with Crippen molar-refractivity contribution in [2.75, 3.05) is 0 Å². The average Bonchev–Trinajstić information content (AvgIpc) is 1.96. The summed E-state index contributed by atoms with van der Waals surface area (Å²) in [4.78, 5) is 0. The summed E-state index contributed by atoms with van der Waals surface area (Å²) in [6.45, 7) is 0. The molecule has 0 heterocycles. The molecule has 1 rings (SSSR count). The predicted octanol–water partition coefficient (Wildman–Crippen LogP) is 2.43. The molecule has 2 nitrogen and oxygen atoms in total. The molecule has 0 aliphatic rings. The molecule has 12 heavy (non-hydrogen) atoms. The molecule has 0 radical (unpaired) electrons. The summed E-state index contributed by atoms with van der Waals surface area (Å²) in [5, 5.41) is 10.5. The van der Waals surface area contributed by atoms with E-state index in [9.17, 15) is 8.78 Å². The molecule has 5 heteroatoms. The lowest BCUT2D eigenvalue weighted by Gasteiger charge is -1.97. The highest BCUT2D eigenvalue weighted by molar-refractivity contribution is 6.30. The number of nitrogens with zero attached hydrogens (tertiary/aromatic N) is 1. The maximum atomic E-state index is 12.8. The molecule has 1 aromatic carbocycles. The van der Waals surface area contributed by atoms with Crippen LogP contribution in [0.1, 0.15) is 5.56 Å². The van der Waals surface area contributed by atoms with Gasteiger partial charge in [0, 0.05) is 5.02 Å². The minimum atomic E-state index is -0.863. The van der Waals surface area contributed by atoms with Gasteiger partial charge in [-0.2, -0.15) is 0 Å². The maximum Gasteiger partial charge on any atom is 0.136 e. The van der Waals surface area contributed by atoms with Gasteiger partial charge in [-0.3, -0.25) is 0 Å². The second-order valence-electron chi connectivity index (χ2n) is 2.03. The molecule has 0 aliphatic carbocycles. The fourth-order valence-electron chi connectivity index (χ4n) is 0.734. The van der Waals surface area contributed by atoms with Crippen LogP contribution in [-0.2, 0) is 0 Å². The molecular formula is C7H4ClF2NO. The fourth-order valence-corrected chi connectivity index (χ4v) is 0.926. The van der Waals surface area contributed by atoms with Crippen LogP contribution in [0.5, 0.6) is 0 Å². The van der Waals surface area contributed by atoms with E-state index in [2.05, 4.69) is 5.16 Å². The van der Waals surface area contributed by atoms with E-state index in [1.807, 2.05) is 0 Å². The highest BCUT2D eigenvalue weighted by Crippen LogP contribution is 2.17. The van der Waals surface area contributed by atoms with Crippen LogP contribution in [0, 0.1) is 11.6 Å². The number of benzene rings is 1. The molecule has 0 atom stereocenters. The Hall–Kier alpha value is -1.16. The fraction of sp³-hybridized carbons (Fsp3) is 0. The monoisotopic (exact) mass is 191 g/mol. The Morgan fingerprint density at radius 3 is 2.25 bits per heavy atom. The van der Waals surface area contributed by atoms with Crippen LogP contribution in [0.3, 0.4) is 0 Å². The summed E-state index contributed by atoms with van der Waals surface area (Å²) in [6, 6.07) is 1.86. The maximum absolute atomic E-state index is 12.8. The minimum Gasteiger partial charge on any atom is -0.411 e. The van der Waals surface area contributed by atoms with E-state index >= 15 is 0 Å². The van der Waals surface area contributed by atoms with Gasteiger partial charge in [-0.1, -0.05) is 16.8 Å². The highest BCUT2D eigenvalue weighted by Gasteiger charge is 2.07. The third-order valence-electron chi connectivity index (χ3n) is 1.23. The highest BCUT2D eigenvalue weighted by atomic mass is 35.5. The smallest absolute Gasteiger partial charge is 0.136 e. The minimum absolute atomic E-state index is 0.0416. The summed E-state index contributed by atoms with van der Waals surface area (Å²) in [5.41, 5.74) is -0.415. The summed E-state index contributed by atoms with van der Waals surface area (Å²) in [6.07, 6.45) is 0.668. The molecule has 0 amide bonds. The van der Waals surface area contributed by atoms with E-state index in [-0.39, 0.29) is 5.02 Å². The molecule has 0 unspecified atom stereocenters. The molecule has 0 fully saturated rings. The Labute approximate surface area is 72.1 Å². The van der Waals surface area contributed by atoms with E-state index in [0.29, 0.717) is 6.21 Å². The van der Waals surface area contributed by atoms with Crippen molar-refractivity contribution in [2.45, 2.75) is 0 Å². The quantitative estimate of drug-likeness (QED) is 0.413. The number of hydrogen-bond donors (Lipinski definition) is 1. The van der Waals surface area contributed by atoms with Crippen molar-refractivity contribution in [3.05, 3.63) is 34.4 Å². The SMILES string of the molecule is O/N=C/c1c(F)cc(Cl)cc1F. The van der Waals surface area contributed by atoms with Crippen LogP contribution in [-0.4, -0.2) is 11.4 Å². The van der Waals surface area contributed by atoms with Crippen LogP contribution in [0.4, 0.5) is 8.78 Å². The first-order chi connectivity index (χ1) is 5.65. The zero-order chi connectivity index (χ0) is 9.14. The van der Waals surface area contributed by atoms with E-state index in [1.165, 1.54) is 0 Å². The van der Waals surface area contributed by atoms with E-state index < -0.39 is 17.2 Å². The zero-order valence-electron chi connectivity index (χ0n) is 5.76. The zero-order valence-corrected chi connectivity index (χ0v) is 6.52. The topological polar surface area (TPSA) is 32.6 Å². The van der Waals surface area contributed by atoms with Gasteiger partial charge in [0.15, 0.2) is 0 Å². The van der Waals surface area contributed by atoms with Crippen molar-refractivity contribution in [3.8, 4) is 0 Å². The number of oxime groups is 1. The molecule has 0 aliphatic heterocycles. The van der Waals surface area contributed by atoms with Gasteiger partial charge in [-0.05, 0) is 12.1 Å². The lowest BCUT2D eigenvalue weighted by Crippen LogP contribution is -1.93. The van der Waals surface area contributed by atoms with Crippen molar-refractivity contribution in [1.29, 1.82) is 0 Å². The molecule has 0 saturated heterocycles. The van der Waals surface area contributed by atoms with Crippen LogP contribution < -0.4 is 0 Å². The number of hydrogen-bond acceptors (Lipinski definition) is 2. The molecule has 0 bridgehead atoms. The van der Waals surface area contributed by atoms with Crippen LogP contribution in [0.2, 0.25) is 5.02 Å². The lowest BCUT2D eigenvalue weighted by molar-refractivity contribution is 0.321. The van der Waals surface area contributed by atoms with Crippen LogP contribution in [0.15, 0.2) is 17.3 Å². The van der Waals surface area contributed by atoms with E-state index in [4.69, 9.17) is 16.8 Å². The van der Waals surface area contributed by atoms with E-state index in [0.717, 1.165) is 12.1 Å². The van der Waals surface area contributed by atoms with Gasteiger partial charge in [0.25, 0.3) is 0 Å². The largest absolute Gasteiger partial charge is 0.411 e. The first kappa shape index (κ1) is 8.93. The van der Waals surface area contributed by atoms with E-state index in [1.54, 1.807) is 0 Å². The Kier molecular flexibility index (Phi) is 2.60. The van der Waals surface area contributed by atoms with Gasteiger partial charge >= 0.3 is 0 Å². The molecule has 1 N–H and O–H groups in total. The van der Waals surface area contributed by atoms with Gasteiger partial charge in [-0.15, -0.1) is 0 Å². The summed E-state index contributed by atoms with van der Waals surface area (Å²) in [5.74, 6) is -1.73. The van der Waals surface area contributed by atoms with Gasteiger partial charge in [0.05, 0.1) is 11.8 Å². The summed E-state index contributed by atoms with van der Waals surface area (Å²) in [7, 11) is 0. The Balaban J connectivity index is 3.28. The molecule has 1 aromatic rings. The second kappa shape index (κ2) is 3.49. The van der Waals surface area contributed by atoms with Crippen molar-refractivity contribution < 1.29 is 14.0 Å². The normalized spacial score (nSPS) is 10.9. The Morgan fingerprint density at radius 2 is 1.83 bits per heavy atom. The first-order valence-corrected chi connectivity index (χ1v) is 3.35. The molecule has 0 saturated carbocycles. The lowest BCUT2D eigenvalue weighted by atomic mass is 10.2.